The lowest BCUT2D eigenvalue weighted by molar-refractivity contribution is -0.230. The van der Waals surface area contributed by atoms with E-state index in [1.807, 2.05) is 5.32 Å². The molecule has 4 atom stereocenters. The normalized spacial score (nSPS) is 36.7. The van der Waals surface area contributed by atoms with Crippen LogP contribution in [0.2, 0.25) is 0 Å². The van der Waals surface area contributed by atoms with Gasteiger partial charge in [0, 0.05) is 0 Å². The molecule has 0 aliphatic carbocycles. The van der Waals surface area contributed by atoms with Gasteiger partial charge in [-0.25, -0.2) is 0 Å². The SMILES string of the molecule is C[C@](O)(CO)[C@H](O)[C@@]12NC(=O)[C@@](O)(NC1=O)/C(=C/CO)CCO2. The van der Waals surface area contributed by atoms with E-state index in [0.717, 1.165) is 6.92 Å². The number of amides is 2. The molecule has 10 nitrogen and oxygen atoms in total. The summed E-state index contributed by atoms with van der Waals surface area (Å²) in [7, 11) is 0. The molecule has 3 heterocycles. The molecule has 0 aromatic rings. The molecule has 0 saturated carbocycles. The number of carbonyl (C=O) groups is 2. The fourth-order valence-corrected chi connectivity index (χ4v) is 2.62. The zero-order valence-corrected chi connectivity index (χ0v) is 12.4. The van der Waals surface area contributed by atoms with Crippen LogP contribution in [-0.2, 0) is 14.3 Å². The number of aliphatic hydroxyl groups excluding tert-OH is 3. The molecule has 3 aliphatic rings. The van der Waals surface area contributed by atoms with E-state index in [9.17, 15) is 24.9 Å². The zero-order chi connectivity index (χ0) is 17.5. The number of hydrogen-bond acceptors (Lipinski definition) is 8. The van der Waals surface area contributed by atoms with Gasteiger partial charge in [0.1, 0.15) is 11.7 Å². The van der Waals surface area contributed by atoms with Crippen LogP contribution in [0.25, 0.3) is 0 Å². The summed E-state index contributed by atoms with van der Waals surface area (Å²) in [5.41, 5.74) is -6.87. The minimum Gasteiger partial charge on any atom is -0.393 e. The lowest BCUT2D eigenvalue weighted by Gasteiger charge is -2.50. The molecule has 7 N–H and O–H groups in total. The van der Waals surface area contributed by atoms with E-state index < -0.39 is 48.2 Å². The Balaban J connectivity index is 2.47. The lowest BCUT2D eigenvalue weighted by Crippen LogP contribution is -2.82. The molecule has 0 spiro atoms. The predicted octanol–water partition coefficient (Wildman–Crippen LogP) is -3.94. The Morgan fingerprint density at radius 3 is 2.57 bits per heavy atom. The summed E-state index contributed by atoms with van der Waals surface area (Å²) in [5.74, 6) is -2.19. The molecular weight excluding hydrogens is 312 g/mol. The number of aliphatic hydroxyl groups is 5. The van der Waals surface area contributed by atoms with E-state index in [0.29, 0.717) is 0 Å². The molecule has 0 unspecified atom stereocenters. The fraction of sp³-hybridized carbons (Fsp3) is 0.692. The molecular formula is C13H20N2O8. The molecule has 23 heavy (non-hydrogen) atoms. The quantitative estimate of drug-likeness (QED) is 0.256. The first-order valence-corrected chi connectivity index (χ1v) is 6.97. The number of piperazine rings is 1. The molecule has 130 valence electrons. The van der Waals surface area contributed by atoms with Gasteiger partial charge in [0.2, 0.25) is 5.72 Å². The van der Waals surface area contributed by atoms with Gasteiger partial charge in [-0.3, -0.25) is 9.59 Å². The molecule has 2 bridgehead atoms. The second-order valence-corrected chi connectivity index (χ2v) is 5.78. The lowest BCUT2D eigenvalue weighted by atomic mass is 9.84. The summed E-state index contributed by atoms with van der Waals surface area (Å²) >= 11 is 0. The smallest absolute Gasteiger partial charge is 0.280 e. The Bertz CT molecular complexity index is 548. The zero-order valence-electron chi connectivity index (χ0n) is 12.4. The summed E-state index contributed by atoms with van der Waals surface area (Å²) in [6, 6.07) is 0. The average molecular weight is 332 g/mol. The number of nitrogens with one attached hydrogen (secondary N) is 2. The van der Waals surface area contributed by atoms with Crippen LogP contribution >= 0.6 is 0 Å². The topological polar surface area (TPSA) is 169 Å². The van der Waals surface area contributed by atoms with Crippen molar-refractivity contribution < 1.29 is 39.9 Å². The Morgan fingerprint density at radius 1 is 1.35 bits per heavy atom. The summed E-state index contributed by atoms with van der Waals surface area (Å²) in [6.45, 7) is -0.498. The van der Waals surface area contributed by atoms with E-state index >= 15 is 0 Å². The van der Waals surface area contributed by atoms with Crippen molar-refractivity contribution in [1.29, 1.82) is 0 Å². The highest BCUT2D eigenvalue weighted by Gasteiger charge is 2.63. The summed E-state index contributed by atoms with van der Waals surface area (Å²) in [5, 5.41) is 53.0. The Kier molecular flexibility index (Phi) is 4.50. The van der Waals surface area contributed by atoms with Crippen molar-refractivity contribution in [2.45, 2.75) is 36.5 Å². The monoisotopic (exact) mass is 332 g/mol. The van der Waals surface area contributed by atoms with Crippen LogP contribution in [0.3, 0.4) is 0 Å². The molecule has 3 rings (SSSR count). The van der Waals surface area contributed by atoms with Crippen LogP contribution in [0.1, 0.15) is 13.3 Å². The predicted molar refractivity (Wildman–Crippen MR) is 73.4 cm³/mol. The highest BCUT2D eigenvalue weighted by molar-refractivity contribution is 6.03. The van der Waals surface area contributed by atoms with Gasteiger partial charge < -0.3 is 40.9 Å². The van der Waals surface area contributed by atoms with Crippen LogP contribution in [-0.4, -0.2) is 80.3 Å². The third-order valence-electron chi connectivity index (χ3n) is 4.06. The first kappa shape index (κ1) is 17.8. The van der Waals surface area contributed by atoms with Gasteiger partial charge in [0.15, 0.2) is 0 Å². The average Bonchev–Trinajstić information content (AvgIpc) is 2.49. The van der Waals surface area contributed by atoms with Crippen LogP contribution in [0.5, 0.6) is 0 Å². The van der Waals surface area contributed by atoms with Gasteiger partial charge in [-0.1, -0.05) is 6.08 Å². The highest BCUT2D eigenvalue weighted by atomic mass is 16.5. The molecule has 3 saturated heterocycles. The largest absolute Gasteiger partial charge is 0.393 e. The Morgan fingerprint density at radius 2 is 2.00 bits per heavy atom. The number of carbonyl (C=O) groups excluding carboxylic acids is 2. The van der Waals surface area contributed by atoms with Crippen LogP contribution in [0, 0.1) is 0 Å². The molecule has 3 aliphatic heterocycles. The second kappa shape index (κ2) is 5.82. The van der Waals surface area contributed by atoms with Crippen LogP contribution < -0.4 is 10.6 Å². The van der Waals surface area contributed by atoms with Crippen LogP contribution in [0.4, 0.5) is 0 Å². The van der Waals surface area contributed by atoms with E-state index in [1.54, 1.807) is 0 Å². The maximum Gasteiger partial charge on any atom is 0.280 e. The van der Waals surface area contributed by atoms with Crippen molar-refractivity contribution in [3.63, 3.8) is 0 Å². The Labute approximate surface area is 131 Å². The number of rotatable bonds is 4. The van der Waals surface area contributed by atoms with Gasteiger partial charge in [-0.15, -0.1) is 0 Å². The highest BCUT2D eigenvalue weighted by Crippen LogP contribution is 2.33. The molecule has 0 radical (unpaired) electrons. The molecule has 3 fully saturated rings. The minimum atomic E-state index is -2.39. The Hall–Kier alpha value is -1.56. The standard InChI is InChI=1S/C13H20N2O8/c1-11(21,6-17)8(18)13-10(20)14-12(22,9(19)15-13)7(2-4-16)3-5-23-13/h2,8,16-18,21-22H,3-6H2,1H3,(H,14,20)(H,15,19)/b7-2+/t8-,11-,12+,13-/m0/s1. The molecule has 2 amide bonds. The third-order valence-corrected chi connectivity index (χ3v) is 4.06. The maximum absolute atomic E-state index is 12.4. The van der Waals surface area contributed by atoms with E-state index in [2.05, 4.69) is 5.32 Å². The van der Waals surface area contributed by atoms with Crippen LogP contribution in [0.15, 0.2) is 11.6 Å². The van der Waals surface area contributed by atoms with Crippen molar-refractivity contribution in [2.75, 3.05) is 19.8 Å². The van der Waals surface area contributed by atoms with Crippen molar-refractivity contribution in [3.8, 4) is 0 Å². The maximum atomic E-state index is 12.4. The van der Waals surface area contributed by atoms with Gasteiger partial charge in [-0.05, 0) is 18.9 Å². The van der Waals surface area contributed by atoms with Crippen molar-refractivity contribution in [2.24, 2.45) is 0 Å². The number of hydrogen-bond donors (Lipinski definition) is 7. The second-order valence-electron chi connectivity index (χ2n) is 5.78. The van der Waals surface area contributed by atoms with E-state index in [4.69, 9.17) is 14.9 Å². The third kappa shape index (κ3) is 2.63. The van der Waals surface area contributed by atoms with Crippen molar-refractivity contribution in [1.82, 2.24) is 10.6 Å². The van der Waals surface area contributed by atoms with Gasteiger partial charge in [0.05, 0.1) is 19.8 Å². The first-order valence-electron chi connectivity index (χ1n) is 6.97. The van der Waals surface area contributed by atoms with Gasteiger partial charge >= 0.3 is 0 Å². The van der Waals surface area contributed by atoms with Gasteiger partial charge in [0.25, 0.3) is 17.5 Å². The van der Waals surface area contributed by atoms with Crippen molar-refractivity contribution in [3.05, 3.63) is 11.6 Å². The van der Waals surface area contributed by atoms with E-state index in [-0.39, 0.29) is 18.6 Å². The van der Waals surface area contributed by atoms with E-state index in [1.165, 1.54) is 6.08 Å². The molecule has 10 heteroatoms. The number of fused-ring (bicyclic) bond motifs is 5. The molecule has 0 aromatic heterocycles. The van der Waals surface area contributed by atoms with Gasteiger partial charge in [-0.2, -0.15) is 0 Å². The summed E-state index contributed by atoms with van der Waals surface area (Å²) in [4.78, 5) is 24.7. The molecule has 0 aromatic carbocycles. The summed E-state index contributed by atoms with van der Waals surface area (Å²) in [6.07, 6.45) is -0.848. The van der Waals surface area contributed by atoms with Crippen molar-refractivity contribution >= 4 is 11.8 Å². The number of ether oxygens (including phenoxy) is 1. The minimum absolute atomic E-state index is 0.0134. The fourth-order valence-electron chi connectivity index (χ4n) is 2.62. The summed E-state index contributed by atoms with van der Waals surface area (Å²) < 4.78 is 5.31. The first-order chi connectivity index (χ1) is 10.6.